The molecular formula is C16H26Cl2N2O. The standard InChI is InChI=1S/C16H24N2O.2ClH/c1-3-7-15(18-12-10-17-11-13-18)14-8-5-6-9-16(14)19-4-2;;/h3,5-6,8-9,15,17H,1,4,7,10-13H2,2H3;2*1H/t15-;;/m1../s1. The number of hydrogen-bond donors (Lipinski definition) is 1. The van der Waals surface area contributed by atoms with Gasteiger partial charge in [0.05, 0.1) is 6.61 Å². The van der Waals surface area contributed by atoms with Crippen LogP contribution in [-0.2, 0) is 0 Å². The summed E-state index contributed by atoms with van der Waals surface area (Å²) < 4.78 is 5.78. The predicted octanol–water partition coefficient (Wildman–Crippen LogP) is 3.45. The number of hydrogen-bond acceptors (Lipinski definition) is 3. The largest absolute Gasteiger partial charge is 0.494 e. The number of nitrogens with one attached hydrogen (secondary N) is 1. The van der Waals surface area contributed by atoms with Crippen molar-refractivity contribution >= 4 is 24.8 Å². The summed E-state index contributed by atoms with van der Waals surface area (Å²) in [6.07, 6.45) is 2.97. The minimum Gasteiger partial charge on any atom is -0.494 e. The van der Waals surface area contributed by atoms with Crippen molar-refractivity contribution in [3.8, 4) is 5.75 Å². The number of para-hydroxylation sites is 1. The molecule has 2 rings (SSSR count). The van der Waals surface area contributed by atoms with Gasteiger partial charge in [0, 0.05) is 37.8 Å². The van der Waals surface area contributed by atoms with Gasteiger partial charge in [-0.3, -0.25) is 4.90 Å². The van der Waals surface area contributed by atoms with E-state index in [1.165, 1.54) is 5.56 Å². The Bertz CT molecular complexity index is 409. The molecule has 1 aliphatic heterocycles. The number of halogens is 2. The average molecular weight is 333 g/mol. The molecule has 21 heavy (non-hydrogen) atoms. The fourth-order valence-corrected chi connectivity index (χ4v) is 2.67. The van der Waals surface area contributed by atoms with E-state index in [-0.39, 0.29) is 24.8 Å². The SMILES string of the molecule is C=CC[C@H](c1ccccc1OCC)N1CCNCC1.Cl.Cl. The molecule has 0 unspecified atom stereocenters. The van der Waals surface area contributed by atoms with Gasteiger partial charge in [-0.05, 0) is 19.4 Å². The highest BCUT2D eigenvalue weighted by Crippen LogP contribution is 2.32. The molecule has 1 fully saturated rings. The zero-order valence-electron chi connectivity index (χ0n) is 12.6. The summed E-state index contributed by atoms with van der Waals surface area (Å²) in [4.78, 5) is 2.52. The van der Waals surface area contributed by atoms with Crippen molar-refractivity contribution in [3.63, 3.8) is 0 Å². The fraction of sp³-hybridized carbons (Fsp3) is 0.500. The summed E-state index contributed by atoms with van der Waals surface area (Å²) in [5.41, 5.74) is 1.28. The molecule has 0 saturated carbocycles. The minimum atomic E-state index is 0. The predicted molar refractivity (Wildman–Crippen MR) is 94.1 cm³/mol. The summed E-state index contributed by atoms with van der Waals surface area (Å²) in [7, 11) is 0. The summed E-state index contributed by atoms with van der Waals surface area (Å²) in [6, 6.07) is 8.76. The molecule has 0 spiro atoms. The molecule has 3 nitrogen and oxygen atoms in total. The van der Waals surface area contributed by atoms with Gasteiger partial charge < -0.3 is 10.1 Å². The van der Waals surface area contributed by atoms with Crippen LogP contribution in [0.1, 0.15) is 24.9 Å². The molecule has 0 aromatic heterocycles. The molecule has 1 heterocycles. The molecule has 1 atom stereocenters. The van der Waals surface area contributed by atoms with Crippen LogP contribution in [0.25, 0.3) is 0 Å². The molecule has 120 valence electrons. The molecule has 0 aliphatic carbocycles. The Hall–Kier alpha value is -0.740. The van der Waals surface area contributed by atoms with E-state index < -0.39 is 0 Å². The second kappa shape index (κ2) is 10.9. The van der Waals surface area contributed by atoms with E-state index in [1.807, 2.05) is 19.1 Å². The van der Waals surface area contributed by atoms with Gasteiger partial charge >= 0.3 is 0 Å². The van der Waals surface area contributed by atoms with Crippen molar-refractivity contribution in [2.75, 3.05) is 32.8 Å². The molecule has 1 N–H and O–H groups in total. The van der Waals surface area contributed by atoms with Crippen molar-refractivity contribution in [1.29, 1.82) is 0 Å². The van der Waals surface area contributed by atoms with Gasteiger partial charge in [-0.1, -0.05) is 24.3 Å². The molecule has 0 amide bonds. The maximum atomic E-state index is 5.78. The van der Waals surface area contributed by atoms with Crippen LogP contribution in [0.4, 0.5) is 0 Å². The first-order valence-corrected chi connectivity index (χ1v) is 7.14. The topological polar surface area (TPSA) is 24.5 Å². The molecule has 5 heteroatoms. The normalized spacial score (nSPS) is 16.2. The van der Waals surface area contributed by atoms with Crippen molar-refractivity contribution in [2.45, 2.75) is 19.4 Å². The van der Waals surface area contributed by atoms with Crippen LogP contribution < -0.4 is 10.1 Å². The quantitative estimate of drug-likeness (QED) is 0.807. The molecule has 1 saturated heterocycles. The van der Waals surface area contributed by atoms with Crippen LogP contribution in [0.5, 0.6) is 5.75 Å². The second-order valence-electron chi connectivity index (χ2n) is 4.80. The molecule has 1 aliphatic rings. The van der Waals surface area contributed by atoms with Crippen LogP contribution in [0.3, 0.4) is 0 Å². The van der Waals surface area contributed by atoms with E-state index in [2.05, 4.69) is 35.0 Å². The number of ether oxygens (including phenoxy) is 1. The molecule has 1 aromatic rings. The van der Waals surface area contributed by atoms with Gasteiger partial charge in [0.1, 0.15) is 5.75 Å². The fourth-order valence-electron chi connectivity index (χ4n) is 2.67. The molecule has 0 bridgehead atoms. The first-order chi connectivity index (χ1) is 9.36. The lowest BCUT2D eigenvalue weighted by atomic mass is 10.00. The van der Waals surface area contributed by atoms with E-state index in [1.54, 1.807) is 0 Å². The van der Waals surface area contributed by atoms with Gasteiger partial charge in [0.15, 0.2) is 0 Å². The number of nitrogens with zero attached hydrogens (tertiary/aromatic N) is 1. The summed E-state index contributed by atoms with van der Waals surface area (Å²) in [6.45, 7) is 10.9. The first kappa shape index (κ1) is 20.3. The van der Waals surface area contributed by atoms with Crippen LogP contribution in [0, 0.1) is 0 Å². The number of benzene rings is 1. The molecule has 1 aromatic carbocycles. The van der Waals surface area contributed by atoms with E-state index in [4.69, 9.17) is 4.74 Å². The van der Waals surface area contributed by atoms with Gasteiger partial charge in [-0.2, -0.15) is 0 Å². The monoisotopic (exact) mass is 332 g/mol. The van der Waals surface area contributed by atoms with Gasteiger partial charge in [-0.25, -0.2) is 0 Å². The Labute approximate surface area is 140 Å². The molecule has 0 radical (unpaired) electrons. The maximum Gasteiger partial charge on any atom is 0.124 e. The van der Waals surface area contributed by atoms with Crippen molar-refractivity contribution < 1.29 is 4.74 Å². The van der Waals surface area contributed by atoms with Crippen LogP contribution in [-0.4, -0.2) is 37.7 Å². The first-order valence-electron chi connectivity index (χ1n) is 7.14. The summed E-state index contributed by atoms with van der Waals surface area (Å²) in [5.74, 6) is 1.01. The van der Waals surface area contributed by atoms with Gasteiger partial charge in [0.25, 0.3) is 0 Å². The maximum absolute atomic E-state index is 5.78. The second-order valence-corrected chi connectivity index (χ2v) is 4.80. The number of rotatable bonds is 6. The lowest BCUT2D eigenvalue weighted by Crippen LogP contribution is -2.45. The van der Waals surface area contributed by atoms with E-state index in [0.29, 0.717) is 12.6 Å². The third kappa shape index (κ3) is 5.51. The Kier molecular flexibility index (Phi) is 10.5. The molecular weight excluding hydrogens is 307 g/mol. The Morgan fingerprint density at radius 3 is 2.57 bits per heavy atom. The Balaban J connectivity index is 0.00000200. The Morgan fingerprint density at radius 1 is 1.29 bits per heavy atom. The highest BCUT2D eigenvalue weighted by atomic mass is 35.5. The van der Waals surface area contributed by atoms with E-state index >= 15 is 0 Å². The summed E-state index contributed by atoms with van der Waals surface area (Å²) >= 11 is 0. The zero-order chi connectivity index (χ0) is 13.5. The minimum absolute atomic E-state index is 0. The van der Waals surface area contributed by atoms with E-state index in [0.717, 1.165) is 38.3 Å². The van der Waals surface area contributed by atoms with Crippen molar-refractivity contribution in [2.24, 2.45) is 0 Å². The van der Waals surface area contributed by atoms with E-state index in [9.17, 15) is 0 Å². The summed E-state index contributed by atoms with van der Waals surface area (Å²) in [5, 5.41) is 3.40. The lowest BCUT2D eigenvalue weighted by Gasteiger charge is -2.35. The zero-order valence-corrected chi connectivity index (χ0v) is 14.2. The third-order valence-electron chi connectivity index (χ3n) is 3.56. The highest BCUT2D eigenvalue weighted by molar-refractivity contribution is 5.85. The van der Waals surface area contributed by atoms with Crippen LogP contribution in [0.2, 0.25) is 0 Å². The lowest BCUT2D eigenvalue weighted by molar-refractivity contribution is 0.170. The highest BCUT2D eigenvalue weighted by Gasteiger charge is 2.23. The van der Waals surface area contributed by atoms with Gasteiger partial charge in [-0.15, -0.1) is 31.4 Å². The van der Waals surface area contributed by atoms with Crippen LogP contribution >= 0.6 is 24.8 Å². The van der Waals surface area contributed by atoms with Crippen molar-refractivity contribution in [3.05, 3.63) is 42.5 Å². The average Bonchev–Trinajstić information content (AvgIpc) is 2.47. The smallest absolute Gasteiger partial charge is 0.124 e. The number of piperazine rings is 1. The van der Waals surface area contributed by atoms with Gasteiger partial charge in [0.2, 0.25) is 0 Å². The van der Waals surface area contributed by atoms with Crippen LogP contribution in [0.15, 0.2) is 36.9 Å². The third-order valence-corrected chi connectivity index (χ3v) is 3.56. The Morgan fingerprint density at radius 2 is 1.95 bits per heavy atom. The van der Waals surface area contributed by atoms with Crippen molar-refractivity contribution in [1.82, 2.24) is 10.2 Å².